The van der Waals surface area contributed by atoms with E-state index >= 15 is 0 Å². The van der Waals surface area contributed by atoms with Gasteiger partial charge >= 0.3 is 0 Å². The van der Waals surface area contributed by atoms with Crippen molar-refractivity contribution in [3.05, 3.63) is 71.8 Å². The summed E-state index contributed by atoms with van der Waals surface area (Å²) in [4.78, 5) is 2.48. The Morgan fingerprint density at radius 3 is 2.41 bits per heavy atom. The lowest BCUT2D eigenvalue weighted by atomic mass is 10.0. The molecule has 0 amide bonds. The number of benzene rings is 3. The fraction of sp³-hybridized carbons (Fsp3) is 0.333. The number of fused-ring (bicyclic) bond motifs is 1. The van der Waals surface area contributed by atoms with Crippen molar-refractivity contribution < 1.29 is 19.3 Å². The molecule has 5 heteroatoms. The van der Waals surface area contributed by atoms with E-state index in [4.69, 9.17) is 14.2 Å². The molecule has 0 spiro atoms. The molecule has 1 aliphatic rings. The topological polar surface area (TPSA) is 51.2 Å². The van der Waals surface area contributed by atoms with Crippen molar-refractivity contribution in [3.63, 3.8) is 0 Å². The van der Waals surface area contributed by atoms with Crippen molar-refractivity contribution in [3.8, 4) is 34.1 Å². The number of phenolic OH excluding ortho intramolecular Hbond substituents is 1. The van der Waals surface area contributed by atoms with E-state index in [0.29, 0.717) is 18.4 Å². The van der Waals surface area contributed by atoms with E-state index in [1.807, 2.05) is 30.3 Å². The first-order chi connectivity index (χ1) is 15.6. The molecule has 3 aromatic rings. The SMILES string of the molecule is COc1ccc(-c2cc3c(c(OC)c2)OCCN([C@@H](C)CCc2ccc(O)cc2)C3)cc1. The molecule has 0 radical (unpaired) electrons. The predicted octanol–water partition coefficient (Wildman–Crippen LogP) is 5.29. The van der Waals surface area contributed by atoms with Crippen molar-refractivity contribution in [2.24, 2.45) is 0 Å². The molecule has 0 unspecified atom stereocenters. The molecule has 5 nitrogen and oxygen atoms in total. The number of aryl methyl sites for hydroxylation is 1. The summed E-state index contributed by atoms with van der Waals surface area (Å²) in [6.07, 6.45) is 2.01. The number of rotatable bonds is 7. The van der Waals surface area contributed by atoms with Gasteiger partial charge in [0.25, 0.3) is 0 Å². The number of nitrogens with zero attached hydrogens (tertiary/aromatic N) is 1. The largest absolute Gasteiger partial charge is 0.508 e. The Labute approximate surface area is 190 Å². The Morgan fingerprint density at radius 2 is 1.72 bits per heavy atom. The van der Waals surface area contributed by atoms with Crippen LogP contribution in [0.2, 0.25) is 0 Å². The molecule has 1 atom stereocenters. The van der Waals surface area contributed by atoms with Gasteiger partial charge < -0.3 is 19.3 Å². The highest BCUT2D eigenvalue weighted by Crippen LogP contribution is 2.39. The van der Waals surface area contributed by atoms with Gasteiger partial charge in [-0.25, -0.2) is 0 Å². The molecule has 0 bridgehead atoms. The molecule has 1 aliphatic heterocycles. The van der Waals surface area contributed by atoms with E-state index in [1.54, 1.807) is 26.4 Å². The van der Waals surface area contributed by atoms with Gasteiger partial charge in [-0.3, -0.25) is 4.90 Å². The van der Waals surface area contributed by atoms with Crippen LogP contribution in [0.3, 0.4) is 0 Å². The molecule has 0 aliphatic carbocycles. The zero-order valence-electron chi connectivity index (χ0n) is 19.0. The van der Waals surface area contributed by atoms with Crippen LogP contribution in [0.5, 0.6) is 23.0 Å². The minimum atomic E-state index is 0.310. The molecular formula is C27H31NO4. The quantitative estimate of drug-likeness (QED) is 0.549. The fourth-order valence-corrected chi connectivity index (χ4v) is 4.20. The maximum Gasteiger partial charge on any atom is 0.165 e. The van der Waals surface area contributed by atoms with Crippen LogP contribution >= 0.6 is 0 Å². The first kappa shape index (κ1) is 22.0. The van der Waals surface area contributed by atoms with Crippen LogP contribution in [0.4, 0.5) is 0 Å². The Bertz CT molecular complexity index is 1030. The van der Waals surface area contributed by atoms with Gasteiger partial charge in [-0.1, -0.05) is 24.3 Å². The summed E-state index contributed by atoms with van der Waals surface area (Å²) < 4.78 is 17.1. The van der Waals surface area contributed by atoms with Gasteiger partial charge in [0.05, 0.1) is 14.2 Å². The number of ether oxygens (including phenoxy) is 3. The van der Waals surface area contributed by atoms with Crippen molar-refractivity contribution >= 4 is 0 Å². The zero-order chi connectivity index (χ0) is 22.5. The van der Waals surface area contributed by atoms with Crippen molar-refractivity contribution in [1.29, 1.82) is 0 Å². The number of hydrogen-bond acceptors (Lipinski definition) is 5. The average Bonchev–Trinajstić information content (AvgIpc) is 3.05. The van der Waals surface area contributed by atoms with Crippen LogP contribution in [0, 0.1) is 0 Å². The van der Waals surface area contributed by atoms with E-state index < -0.39 is 0 Å². The third kappa shape index (κ3) is 5.00. The van der Waals surface area contributed by atoms with Crippen LogP contribution in [0.25, 0.3) is 11.1 Å². The maximum atomic E-state index is 9.50. The second kappa shape index (κ2) is 9.96. The lowest BCUT2D eigenvalue weighted by Gasteiger charge is -2.27. The lowest BCUT2D eigenvalue weighted by molar-refractivity contribution is 0.171. The summed E-state index contributed by atoms with van der Waals surface area (Å²) in [7, 11) is 3.37. The predicted molar refractivity (Wildman–Crippen MR) is 127 cm³/mol. The standard InChI is InChI=1S/C27H31NO4/c1-19(4-5-20-6-10-24(29)11-7-20)28-14-15-32-27-23(18-28)16-22(17-26(27)31-3)21-8-12-25(30-2)13-9-21/h6-13,16-17,19,29H,4-5,14-15,18H2,1-3H3/t19-/m0/s1. The maximum absolute atomic E-state index is 9.50. The summed E-state index contributed by atoms with van der Waals surface area (Å²) >= 11 is 0. The van der Waals surface area contributed by atoms with Crippen LogP contribution in [0.15, 0.2) is 60.7 Å². The molecule has 0 aromatic heterocycles. The third-order valence-corrected chi connectivity index (χ3v) is 6.18. The molecule has 32 heavy (non-hydrogen) atoms. The van der Waals surface area contributed by atoms with Gasteiger partial charge in [0, 0.05) is 24.7 Å². The summed E-state index contributed by atoms with van der Waals surface area (Å²) in [5.41, 5.74) is 4.60. The van der Waals surface area contributed by atoms with E-state index in [2.05, 4.69) is 30.0 Å². The first-order valence-electron chi connectivity index (χ1n) is 11.1. The van der Waals surface area contributed by atoms with Crippen molar-refractivity contribution in [2.75, 3.05) is 27.4 Å². The monoisotopic (exact) mass is 433 g/mol. The molecule has 4 rings (SSSR count). The third-order valence-electron chi connectivity index (χ3n) is 6.18. The second-order valence-electron chi connectivity index (χ2n) is 8.27. The van der Waals surface area contributed by atoms with Gasteiger partial charge in [0.15, 0.2) is 11.5 Å². The molecule has 3 aromatic carbocycles. The van der Waals surface area contributed by atoms with Gasteiger partial charge in [-0.2, -0.15) is 0 Å². The summed E-state index contributed by atoms with van der Waals surface area (Å²) in [5, 5.41) is 9.50. The average molecular weight is 434 g/mol. The molecule has 1 heterocycles. The van der Waals surface area contributed by atoms with Crippen molar-refractivity contribution in [2.45, 2.75) is 32.4 Å². The number of phenols is 1. The van der Waals surface area contributed by atoms with Gasteiger partial charge in [0.1, 0.15) is 18.1 Å². The molecule has 0 fully saturated rings. The Hall–Kier alpha value is -3.18. The summed E-state index contributed by atoms with van der Waals surface area (Å²) in [5.74, 6) is 2.77. The number of aromatic hydroxyl groups is 1. The first-order valence-corrected chi connectivity index (χ1v) is 11.1. The van der Waals surface area contributed by atoms with E-state index in [1.165, 1.54) is 5.56 Å². The summed E-state index contributed by atoms with van der Waals surface area (Å²) in [6, 6.07) is 20.2. The Kier molecular flexibility index (Phi) is 6.86. The normalized spacial score (nSPS) is 14.7. The lowest BCUT2D eigenvalue weighted by Crippen LogP contribution is -2.34. The van der Waals surface area contributed by atoms with Gasteiger partial charge in [0.2, 0.25) is 0 Å². The Morgan fingerprint density at radius 1 is 0.969 bits per heavy atom. The molecule has 168 valence electrons. The van der Waals surface area contributed by atoms with Crippen LogP contribution in [-0.2, 0) is 13.0 Å². The van der Waals surface area contributed by atoms with Crippen LogP contribution in [0.1, 0.15) is 24.5 Å². The Balaban J connectivity index is 1.54. The highest BCUT2D eigenvalue weighted by atomic mass is 16.5. The highest BCUT2D eigenvalue weighted by molar-refractivity contribution is 5.70. The number of hydrogen-bond donors (Lipinski definition) is 1. The smallest absolute Gasteiger partial charge is 0.165 e. The zero-order valence-corrected chi connectivity index (χ0v) is 19.0. The van der Waals surface area contributed by atoms with Crippen LogP contribution in [-0.4, -0.2) is 43.4 Å². The minimum absolute atomic E-state index is 0.310. The van der Waals surface area contributed by atoms with Crippen LogP contribution < -0.4 is 14.2 Å². The van der Waals surface area contributed by atoms with Gasteiger partial charge in [-0.15, -0.1) is 0 Å². The van der Waals surface area contributed by atoms with E-state index in [-0.39, 0.29) is 0 Å². The van der Waals surface area contributed by atoms with E-state index in [9.17, 15) is 5.11 Å². The van der Waals surface area contributed by atoms with Gasteiger partial charge in [-0.05, 0) is 72.9 Å². The molecule has 1 N–H and O–H groups in total. The fourth-order valence-electron chi connectivity index (χ4n) is 4.20. The van der Waals surface area contributed by atoms with E-state index in [0.717, 1.165) is 59.9 Å². The molecule has 0 saturated heterocycles. The molecular weight excluding hydrogens is 402 g/mol. The minimum Gasteiger partial charge on any atom is -0.508 e. The van der Waals surface area contributed by atoms with Crippen molar-refractivity contribution in [1.82, 2.24) is 4.90 Å². The second-order valence-corrected chi connectivity index (χ2v) is 8.27. The highest BCUT2D eigenvalue weighted by Gasteiger charge is 2.23. The number of methoxy groups -OCH3 is 2. The molecule has 0 saturated carbocycles. The summed E-state index contributed by atoms with van der Waals surface area (Å²) in [6.45, 7) is 4.59.